The van der Waals surface area contributed by atoms with Crippen LogP contribution in [0.3, 0.4) is 0 Å². The van der Waals surface area contributed by atoms with Gasteiger partial charge in [0.2, 0.25) is 5.03 Å². The van der Waals surface area contributed by atoms with Gasteiger partial charge in [-0.05, 0) is 0 Å². The fourth-order valence-electron chi connectivity index (χ4n) is 0.328. The summed E-state index contributed by atoms with van der Waals surface area (Å²) in [6.07, 6.45) is 1.04. The number of H-pyrrole nitrogens is 1. The quantitative estimate of drug-likeness (QED) is 0.510. The molecule has 0 aliphatic rings. The van der Waals surface area contributed by atoms with E-state index in [4.69, 9.17) is 0 Å². The van der Waals surface area contributed by atoms with Crippen molar-refractivity contribution in [3.8, 4) is 0 Å². The third-order valence-corrected chi connectivity index (χ3v) is 1.46. The van der Waals surface area contributed by atoms with E-state index in [-0.39, 0.29) is 6.45 Å². The standard InChI is InChI=1S/C2H4N4O2S/c3-9(7,8)2-1-4-6-5-2/h1H,(H2,3,7,8)(H,4,5,6)/p+1. The number of nitrogens with one attached hydrogen (secondary N) is 1. The first-order valence-corrected chi connectivity index (χ1v) is 3.54. The molecular weight excluding hydrogens is 144 g/mol. The fourth-order valence-corrected chi connectivity index (χ4v) is 0.696. The van der Waals surface area contributed by atoms with Crippen molar-refractivity contribution in [1.82, 2.24) is 15.4 Å². The van der Waals surface area contributed by atoms with Crippen molar-refractivity contribution in [2.45, 2.75) is 5.03 Å². The largest absolute Gasteiger partial charge is 1.00 e. The van der Waals surface area contributed by atoms with E-state index in [2.05, 4.69) is 20.5 Å². The van der Waals surface area contributed by atoms with Crippen molar-refractivity contribution in [3.05, 3.63) is 6.20 Å². The third-order valence-electron chi connectivity index (χ3n) is 0.684. The van der Waals surface area contributed by atoms with Crippen LogP contribution in [0, 0.1) is 0 Å². The van der Waals surface area contributed by atoms with Crippen molar-refractivity contribution in [2.24, 2.45) is 5.14 Å². The molecular formula is C2H5N4O2S+. The number of primary sulfonamides is 1. The monoisotopic (exact) mass is 149 g/mol. The molecule has 1 aromatic heterocycles. The number of aromatic amines is 1. The maximum Gasteiger partial charge on any atom is 1.00 e. The van der Waals surface area contributed by atoms with E-state index in [9.17, 15) is 8.42 Å². The molecule has 3 N–H and O–H groups in total. The Labute approximate surface area is 52.6 Å². The molecule has 1 aromatic rings. The molecule has 0 fully saturated rings. The van der Waals surface area contributed by atoms with E-state index in [0.29, 0.717) is 0 Å². The summed E-state index contributed by atoms with van der Waals surface area (Å²) >= 11 is 0. The van der Waals surface area contributed by atoms with Crippen LogP contribution in [0.4, 0.5) is 0 Å². The lowest BCUT2D eigenvalue weighted by atomic mass is 11.0. The Morgan fingerprint density at radius 1 is 1.78 bits per heavy atom. The highest BCUT2D eigenvalue weighted by Crippen LogP contribution is 1.94. The van der Waals surface area contributed by atoms with Crippen molar-refractivity contribution in [1.29, 1.82) is 0 Å². The molecule has 0 unspecified atom stereocenters. The minimum Gasteiger partial charge on any atom is -0.223 e. The summed E-state index contributed by atoms with van der Waals surface area (Å²) in [7, 11) is -3.66. The highest BCUT2D eigenvalue weighted by Gasteiger charge is 2.08. The molecule has 0 atom stereocenters. The van der Waals surface area contributed by atoms with Gasteiger partial charge in [0.1, 0.15) is 0 Å². The Balaban J connectivity index is 0.000000810. The van der Waals surface area contributed by atoms with Gasteiger partial charge in [0.05, 0.1) is 6.20 Å². The summed E-state index contributed by atoms with van der Waals surface area (Å²) in [5.74, 6) is 0. The van der Waals surface area contributed by atoms with Gasteiger partial charge in [-0.15, -0.1) is 5.10 Å². The molecule has 1 rings (SSSR count). The number of hydrogen-bond donors (Lipinski definition) is 2. The zero-order valence-electron chi connectivity index (χ0n) is 5.27. The van der Waals surface area contributed by atoms with Gasteiger partial charge in [0.25, 0.3) is 10.0 Å². The molecule has 6 nitrogen and oxygen atoms in total. The molecule has 0 amide bonds. The van der Waals surface area contributed by atoms with Crippen molar-refractivity contribution in [2.75, 3.05) is 0 Å². The third kappa shape index (κ3) is 1.24. The van der Waals surface area contributed by atoms with Crippen LogP contribution in [0.25, 0.3) is 0 Å². The summed E-state index contributed by atoms with van der Waals surface area (Å²) in [5.41, 5.74) is 0. The van der Waals surface area contributed by atoms with Gasteiger partial charge in [-0.3, -0.25) is 0 Å². The number of sulfonamides is 1. The van der Waals surface area contributed by atoms with Gasteiger partial charge in [0.15, 0.2) is 0 Å². The lowest BCUT2D eigenvalue weighted by Crippen LogP contribution is -2.12. The van der Waals surface area contributed by atoms with Crippen molar-refractivity contribution < 1.29 is 9.84 Å². The van der Waals surface area contributed by atoms with E-state index in [1.54, 1.807) is 0 Å². The van der Waals surface area contributed by atoms with Crippen molar-refractivity contribution >= 4 is 10.0 Å². The van der Waals surface area contributed by atoms with Gasteiger partial charge in [-0.25, -0.2) is 13.6 Å². The normalized spacial score (nSPS) is 11.7. The van der Waals surface area contributed by atoms with E-state index in [0.717, 1.165) is 6.20 Å². The highest BCUT2D eigenvalue weighted by molar-refractivity contribution is 7.89. The Morgan fingerprint density at radius 2 is 2.44 bits per heavy atom. The average Bonchev–Trinajstić information content (AvgIpc) is 2.08. The van der Waals surface area contributed by atoms with E-state index >= 15 is 0 Å². The lowest BCUT2D eigenvalue weighted by Gasteiger charge is -1.83. The second-order valence-corrected chi connectivity index (χ2v) is 2.86. The van der Waals surface area contributed by atoms with Crippen LogP contribution in [0.5, 0.6) is 0 Å². The Kier molecular flexibility index (Phi) is 1.22. The molecule has 0 spiro atoms. The minimum absolute atomic E-state index is 0. The molecule has 0 saturated heterocycles. The van der Waals surface area contributed by atoms with Gasteiger partial charge in [0, 0.05) is 0 Å². The first-order chi connectivity index (χ1) is 4.11. The number of nitrogens with zero attached hydrogens (tertiary/aromatic N) is 2. The molecule has 7 heteroatoms. The summed E-state index contributed by atoms with van der Waals surface area (Å²) in [4.78, 5) is 0. The highest BCUT2D eigenvalue weighted by atomic mass is 32.2. The second kappa shape index (κ2) is 1.78. The molecule has 0 aliphatic carbocycles. The summed E-state index contributed by atoms with van der Waals surface area (Å²) in [6.45, 7) is 0. The number of aromatic nitrogens is 3. The topological polar surface area (TPSA) is 102 Å². The molecule has 50 valence electrons. The van der Waals surface area contributed by atoms with Crippen LogP contribution < -0.4 is 5.14 Å². The van der Waals surface area contributed by atoms with Gasteiger partial charge < -0.3 is 0 Å². The first-order valence-electron chi connectivity index (χ1n) is 1.99. The fraction of sp³-hybridized carbons (Fsp3) is 0. The molecule has 0 aromatic carbocycles. The Bertz CT molecular complexity index is 278. The first kappa shape index (κ1) is 6.17. The Hall–Kier alpha value is -0.950. The van der Waals surface area contributed by atoms with E-state index in [1.165, 1.54) is 0 Å². The molecule has 0 bridgehead atoms. The van der Waals surface area contributed by atoms with Gasteiger partial charge in [-0.2, -0.15) is 10.3 Å². The molecule has 0 radical (unpaired) electrons. The van der Waals surface area contributed by atoms with Crippen LogP contribution in [-0.4, -0.2) is 23.8 Å². The van der Waals surface area contributed by atoms with Gasteiger partial charge in [-0.1, -0.05) is 0 Å². The van der Waals surface area contributed by atoms with Crippen LogP contribution in [0.15, 0.2) is 11.2 Å². The van der Waals surface area contributed by atoms with Gasteiger partial charge >= 0.3 is 1.43 Å². The molecule has 0 aliphatic heterocycles. The van der Waals surface area contributed by atoms with Crippen LogP contribution in [0.1, 0.15) is 1.43 Å². The summed E-state index contributed by atoms with van der Waals surface area (Å²) in [5, 5.41) is 13.0. The number of rotatable bonds is 1. The number of nitrogens with two attached hydrogens (primary N) is 1. The summed E-state index contributed by atoms with van der Waals surface area (Å²) in [6, 6.07) is 0. The molecule has 1 heterocycles. The molecule has 9 heavy (non-hydrogen) atoms. The van der Waals surface area contributed by atoms with E-state index in [1.807, 2.05) is 0 Å². The SMILES string of the molecule is NS(=O)(=O)c1cn[nH]n1.[H+]. The maximum absolute atomic E-state index is 10.3. The Morgan fingerprint density at radius 3 is 2.67 bits per heavy atom. The van der Waals surface area contributed by atoms with Crippen LogP contribution >= 0.6 is 0 Å². The zero-order valence-corrected chi connectivity index (χ0v) is 5.09. The second-order valence-electron chi connectivity index (χ2n) is 1.35. The zero-order chi connectivity index (χ0) is 6.91. The van der Waals surface area contributed by atoms with E-state index < -0.39 is 10.0 Å². The number of hydrogen-bond acceptors (Lipinski definition) is 4. The predicted octanol–water partition coefficient (Wildman–Crippen LogP) is -1.44. The van der Waals surface area contributed by atoms with Crippen LogP contribution in [-0.2, 0) is 10.0 Å². The summed E-state index contributed by atoms with van der Waals surface area (Å²) < 4.78 is 20.7. The van der Waals surface area contributed by atoms with Crippen LogP contribution in [0.2, 0.25) is 0 Å². The minimum atomic E-state index is -3.66. The smallest absolute Gasteiger partial charge is 0.223 e. The lowest BCUT2D eigenvalue weighted by molar-refractivity contribution is 0.593. The molecule has 0 saturated carbocycles. The average molecular weight is 149 g/mol. The maximum atomic E-state index is 10.3. The van der Waals surface area contributed by atoms with Crippen molar-refractivity contribution in [3.63, 3.8) is 0 Å². The predicted molar refractivity (Wildman–Crippen MR) is 28.9 cm³/mol.